The molecule has 0 bridgehead atoms. The van der Waals surface area contributed by atoms with E-state index >= 15 is 0 Å². The van der Waals surface area contributed by atoms with Crippen molar-refractivity contribution in [2.24, 2.45) is 0 Å². The number of methoxy groups -OCH3 is 2. The van der Waals surface area contributed by atoms with E-state index in [1.165, 1.54) is 18.9 Å². The summed E-state index contributed by atoms with van der Waals surface area (Å²) in [5.41, 5.74) is 0.526. The topological polar surface area (TPSA) is 73.9 Å². The fraction of sp³-hybridized carbons (Fsp3) is 0.429. The number of anilines is 1. The molecule has 0 saturated carbocycles. The van der Waals surface area contributed by atoms with Gasteiger partial charge < -0.3 is 19.5 Å². The third-order valence-electron chi connectivity index (χ3n) is 2.44. The summed E-state index contributed by atoms with van der Waals surface area (Å²) < 4.78 is 15.1. The zero-order valence-corrected chi connectivity index (χ0v) is 13.1. The molecule has 0 aliphatic carbocycles. The highest BCUT2D eigenvalue weighted by molar-refractivity contribution is 8.00. The fourth-order valence-electron chi connectivity index (χ4n) is 1.53. The van der Waals surface area contributed by atoms with Crippen LogP contribution in [-0.4, -0.2) is 44.2 Å². The van der Waals surface area contributed by atoms with Crippen LogP contribution in [0.25, 0.3) is 0 Å². The quantitative estimate of drug-likeness (QED) is 0.739. The first-order valence-electron chi connectivity index (χ1n) is 6.36. The third-order valence-corrected chi connectivity index (χ3v) is 3.35. The maximum atomic E-state index is 11.8. The molecule has 6 nitrogen and oxygen atoms in total. The molecular weight excluding hydrogens is 294 g/mol. The minimum Gasteiger partial charge on any atom is -0.497 e. The Morgan fingerprint density at radius 2 is 1.95 bits per heavy atom. The van der Waals surface area contributed by atoms with Gasteiger partial charge in [0, 0.05) is 6.07 Å². The molecule has 0 atom stereocenters. The summed E-state index contributed by atoms with van der Waals surface area (Å²) in [6.45, 7) is 2.08. The van der Waals surface area contributed by atoms with Crippen LogP contribution in [0.1, 0.15) is 6.92 Å². The second kappa shape index (κ2) is 9.12. The summed E-state index contributed by atoms with van der Waals surface area (Å²) in [6.07, 6.45) is 0. The monoisotopic (exact) mass is 313 g/mol. The van der Waals surface area contributed by atoms with Gasteiger partial charge in [-0.15, -0.1) is 11.8 Å². The van der Waals surface area contributed by atoms with Gasteiger partial charge in [0.1, 0.15) is 11.5 Å². The molecule has 1 N–H and O–H groups in total. The van der Waals surface area contributed by atoms with Crippen molar-refractivity contribution in [3.8, 4) is 11.5 Å². The molecule has 0 spiro atoms. The second-order valence-corrected chi connectivity index (χ2v) is 4.90. The van der Waals surface area contributed by atoms with E-state index in [0.717, 1.165) is 0 Å². The highest BCUT2D eigenvalue weighted by Crippen LogP contribution is 2.28. The molecule has 1 amide bonds. The number of rotatable bonds is 8. The fourth-order valence-corrected chi connectivity index (χ4v) is 2.14. The lowest BCUT2D eigenvalue weighted by molar-refractivity contribution is -0.139. The normalized spacial score (nSPS) is 9.86. The number of hydrogen-bond donors (Lipinski definition) is 1. The lowest BCUT2D eigenvalue weighted by Gasteiger charge is -2.11. The molecular formula is C14H19NO5S. The average molecular weight is 313 g/mol. The standard InChI is InChI=1S/C14H19NO5S/c1-4-20-14(17)9-21-8-13(16)15-11-7-10(18-2)5-6-12(11)19-3/h5-7H,4,8-9H2,1-3H3,(H,15,16). The number of amides is 1. The van der Waals surface area contributed by atoms with Gasteiger partial charge in [0.2, 0.25) is 5.91 Å². The van der Waals surface area contributed by atoms with E-state index in [9.17, 15) is 9.59 Å². The van der Waals surface area contributed by atoms with Gasteiger partial charge in [-0.1, -0.05) is 0 Å². The maximum Gasteiger partial charge on any atom is 0.315 e. The SMILES string of the molecule is CCOC(=O)CSCC(=O)Nc1cc(OC)ccc1OC. The van der Waals surface area contributed by atoms with Crippen LogP contribution in [-0.2, 0) is 14.3 Å². The van der Waals surface area contributed by atoms with Crippen molar-refractivity contribution < 1.29 is 23.8 Å². The molecule has 1 aromatic rings. The predicted molar refractivity (Wildman–Crippen MR) is 82.1 cm³/mol. The zero-order valence-electron chi connectivity index (χ0n) is 12.3. The van der Waals surface area contributed by atoms with Crippen LogP contribution in [0.5, 0.6) is 11.5 Å². The largest absolute Gasteiger partial charge is 0.497 e. The van der Waals surface area contributed by atoms with Gasteiger partial charge in [-0.2, -0.15) is 0 Å². The first-order chi connectivity index (χ1) is 10.1. The van der Waals surface area contributed by atoms with Crippen LogP contribution < -0.4 is 14.8 Å². The van der Waals surface area contributed by atoms with Crippen LogP contribution in [0.15, 0.2) is 18.2 Å². The number of nitrogens with one attached hydrogen (secondary N) is 1. The number of carbonyl (C=O) groups is 2. The number of carbonyl (C=O) groups excluding carboxylic acids is 2. The average Bonchev–Trinajstić information content (AvgIpc) is 2.47. The van der Waals surface area contributed by atoms with Crippen molar-refractivity contribution in [2.45, 2.75) is 6.92 Å². The highest BCUT2D eigenvalue weighted by atomic mass is 32.2. The number of esters is 1. The molecule has 7 heteroatoms. The van der Waals surface area contributed by atoms with Crippen LogP contribution in [0.3, 0.4) is 0 Å². The van der Waals surface area contributed by atoms with Crippen molar-refractivity contribution in [1.82, 2.24) is 0 Å². The molecule has 0 aliphatic heterocycles. The summed E-state index contributed by atoms with van der Waals surface area (Å²) in [5.74, 6) is 0.908. The van der Waals surface area contributed by atoms with Gasteiger partial charge in [-0.05, 0) is 19.1 Å². The van der Waals surface area contributed by atoms with Gasteiger partial charge in [0.15, 0.2) is 0 Å². The number of ether oxygens (including phenoxy) is 3. The molecule has 1 aromatic carbocycles. The molecule has 0 saturated heterocycles. The molecule has 0 fully saturated rings. The molecule has 0 unspecified atom stereocenters. The molecule has 0 aliphatic rings. The van der Waals surface area contributed by atoms with E-state index in [0.29, 0.717) is 23.8 Å². The molecule has 1 rings (SSSR count). The van der Waals surface area contributed by atoms with Gasteiger partial charge in [-0.25, -0.2) is 0 Å². The Labute approximate surface area is 128 Å². The minimum atomic E-state index is -0.325. The summed E-state index contributed by atoms with van der Waals surface area (Å²) >= 11 is 1.19. The van der Waals surface area contributed by atoms with E-state index in [1.807, 2.05) is 0 Å². The Balaban J connectivity index is 2.52. The van der Waals surface area contributed by atoms with E-state index < -0.39 is 0 Å². The lowest BCUT2D eigenvalue weighted by atomic mass is 10.2. The second-order valence-electron chi connectivity index (χ2n) is 3.91. The maximum absolute atomic E-state index is 11.8. The summed E-state index contributed by atoms with van der Waals surface area (Å²) in [4.78, 5) is 23.0. The van der Waals surface area contributed by atoms with Crippen LogP contribution in [0, 0.1) is 0 Å². The lowest BCUT2D eigenvalue weighted by Crippen LogP contribution is -2.16. The van der Waals surface area contributed by atoms with Crippen LogP contribution >= 0.6 is 11.8 Å². The van der Waals surface area contributed by atoms with Crippen molar-refractivity contribution >= 4 is 29.3 Å². The Morgan fingerprint density at radius 1 is 1.19 bits per heavy atom. The first kappa shape index (κ1) is 17.2. The Bertz CT molecular complexity index is 492. The third kappa shape index (κ3) is 5.95. The van der Waals surface area contributed by atoms with Gasteiger partial charge >= 0.3 is 5.97 Å². The number of thioether (sulfide) groups is 1. The van der Waals surface area contributed by atoms with Crippen molar-refractivity contribution in [3.63, 3.8) is 0 Å². The van der Waals surface area contributed by atoms with E-state index in [-0.39, 0.29) is 23.4 Å². The molecule has 116 valence electrons. The Kier molecular flexibility index (Phi) is 7.45. The van der Waals surface area contributed by atoms with Crippen molar-refractivity contribution in [2.75, 3.05) is 37.6 Å². The number of benzene rings is 1. The highest BCUT2D eigenvalue weighted by Gasteiger charge is 2.10. The smallest absolute Gasteiger partial charge is 0.315 e. The molecule has 0 aromatic heterocycles. The van der Waals surface area contributed by atoms with Gasteiger partial charge in [0.25, 0.3) is 0 Å². The van der Waals surface area contributed by atoms with Crippen LogP contribution in [0.2, 0.25) is 0 Å². The summed E-state index contributed by atoms with van der Waals surface area (Å²) in [7, 11) is 3.07. The van der Waals surface area contributed by atoms with E-state index in [1.54, 1.807) is 32.2 Å². The number of hydrogen-bond acceptors (Lipinski definition) is 6. The Morgan fingerprint density at radius 3 is 2.57 bits per heavy atom. The summed E-state index contributed by atoms with van der Waals surface area (Å²) in [6, 6.07) is 5.12. The zero-order chi connectivity index (χ0) is 15.7. The van der Waals surface area contributed by atoms with Gasteiger partial charge in [0.05, 0.1) is 38.0 Å². The molecule has 0 radical (unpaired) electrons. The van der Waals surface area contributed by atoms with Crippen molar-refractivity contribution in [1.29, 1.82) is 0 Å². The Hall–Kier alpha value is -1.89. The van der Waals surface area contributed by atoms with Gasteiger partial charge in [-0.3, -0.25) is 9.59 Å². The van der Waals surface area contributed by atoms with Crippen molar-refractivity contribution in [3.05, 3.63) is 18.2 Å². The minimum absolute atomic E-state index is 0.149. The molecule has 0 heterocycles. The van der Waals surface area contributed by atoms with E-state index in [4.69, 9.17) is 14.2 Å². The summed E-state index contributed by atoms with van der Waals surface area (Å²) in [5, 5.41) is 2.73. The molecule has 21 heavy (non-hydrogen) atoms. The first-order valence-corrected chi connectivity index (χ1v) is 7.51. The van der Waals surface area contributed by atoms with E-state index in [2.05, 4.69) is 5.32 Å². The van der Waals surface area contributed by atoms with Crippen LogP contribution in [0.4, 0.5) is 5.69 Å². The predicted octanol–water partition coefficient (Wildman–Crippen LogP) is 1.94.